The number of nitrogens with one attached hydrogen (secondary N) is 1. The zero-order valence-electron chi connectivity index (χ0n) is 18.0. The number of likely N-dealkylation sites (tertiary alicyclic amines) is 1. The van der Waals surface area contributed by atoms with Crippen molar-refractivity contribution in [2.24, 2.45) is 0 Å². The highest BCUT2D eigenvalue weighted by Gasteiger charge is 2.26. The van der Waals surface area contributed by atoms with Gasteiger partial charge in [0.25, 0.3) is 0 Å². The second-order valence-electron chi connectivity index (χ2n) is 8.26. The summed E-state index contributed by atoms with van der Waals surface area (Å²) in [7, 11) is -3.43. The Kier molecular flexibility index (Phi) is 7.44. The fourth-order valence-corrected chi connectivity index (χ4v) is 6.56. The van der Waals surface area contributed by atoms with E-state index < -0.39 is 10.0 Å². The number of hydrogen-bond donors (Lipinski definition) is 1. The minimum Gasteiger partial charge on any atom is -0.368 e. The van der Waals surface area contributed by atoms with E-state index in [1.165, 1.54) is 23.5 Å². The molecule has 2 aliphatic heterocycles. The highest BCUT2D eigenvalue weighted by atomic mass is 32.2. The summed E-state index contributed by atoms with van der Waals surface area (Å²) in [6.07, 6.45) is 1.96. The molecule has 0 unspecified atom stereocenters. The van der Waals surface area contributed by atoms with Crippen LogP contribution in [0.2, 0.25) is 0 Å². The molecule has 1 amide bonds. The second kappa shape index (κ2) is 10.3. The summed E-state index contributed by atoms with van der Waals surface area (Å²) in [5.41, 5.74) is 0.982. The van der Waals surface area contributed by atoms with Crippen molar-refractivity contribution in [1.29, 1.82) is 0 Å². The molecule has 0 radical (unpaired) electrons. The van der Waals surface area contributed by atoms with Gasteiger partial charge in [-0.25, -0.2) is 17.5 Å². The number of carbonyl (C=O) groups is 1. The Balaban J connectivity index is 1.16. The van der Waals surface area contributed by atoms with Crippen LogP contribution in [0.15, 0.2) is 46.0 Å². The van der Waals surface area contributed by atoms with Crippen molar-refractivity contribution in [2.75, 3.05) is 50.7 Å². The Morgan fingerprint density at radius 2 is 1.72 bits per heavy atom. The van der Waals surface area contributed by atoms with Crippen LogP contribution in [0.4, 0.5) is 10.1 Å². The van der Waals surface area contributed by atoms with Crippen LogP contribution >= 0.6 is 11.3 Å². The molecule has 0 saturated carbocycles. The number of thiophene rings is 1. The molecule has 2 fully saturated rings. The Morgan fingerprint density at radius 1 is 1.03 bits per heavy atom. The maximum Gasteiger partial charge on any atom is 0.250 e. The molecule has 10 heteroatoms. The van der Waals surface area contributed by atoms with Gasteiger partial charge >= 0.3 is 0 Å². The lowest BCUT2D eigenvalue weighted by Gasteiger charge is -2.37. The lowest BCUT2D eigenvalue weighted by atomic mass is 10.1. The largest absolute Gasteiger partial charge is 0.368 e. The van der Waals surface area contributed by atoms with Crippen LogP contribution < -0.4 is 9.62 Å². The zero-order chi connectivity index (χ0) is 22.6. The number of amides is 1. The standard InChI is InChI=1S/C22H29FN4O3S2/c23-18-3-5-20(6-4-18)26-13-15-27(16-14-26)21(28)9-12-25-10-7-19(8-11-25)24-32(29,30)22-2-1-17-31-22/h1-6,17,19,24H,7-16H2. The Bertz CT molecular complexity index is 983. The number of halogens is 1. The molecule has 2 saturated heterocycles. The topological polar surface area (TPSA) is 73.0 Å². The predicted octanol–water partition coefficient (Wildman–Crippen LogP) is 2.37. The van der Waals surface area contributed by atoms with E-state index in [9.17, 15) is 17.6 Å². The molecule has 0 spiro atoms. The molecule has 32 heavy (non-hydrogen) atoms. The third kappa shape index (κ3) is 5.86. The minimum atomic E-state index is -3.43. The smallest absolute Gasteiger partial charge is 0.250 e. The number of sulfonamides is 1. The van der Waals surface area contributed by atoms with Crippen LogP contribution in [0.5, 0.6) is 0 Å². The highest BCUT2D eigenvalue weighted by molar-refractivity contribution is 7.91. The van der Waals surface area contributed by atoms with Crippen LogP contribution in [0.3, 0.4) is 0 Å². The maximum atomic E-state index is 13.1. The number of hydrogen-bond acceptors (Lipinski definition) is 6. The van der Waals surface area contributed by atoms with Crippen molar-refractivity contribution in [3.05, 3.63) is 47.6 Å². The highest BCUT2D eigenvalue weighted by Crippen LogP contribution is 2.20. The quantitative estimate of drug-likeness (QED) is 0.659. The fraction of sp³-hybridized carbons (Fsp3) is 0.500. The van der Waals surface area contributed by atoms with Gasteiger partial charge in [-0.2, -0.15) is 0 Å². The van der Waals surface area contributed by atoms with E-state index in [0.29, 0.717) is 30.3 Å². The summed E-state index contributed by atoms with van der Waals surface area (Å²) >= 11 is 1.22. The molecule has 1 aromatic heterocycles. The number of carbonyl (C=O) groups excluding carboxylic acids is 1. The molecule has 2 aromatic rings. The number of benzene rings is 1. The molecule has 1 N–H and O–H groups in total. The predicted molar refractivity (Wildman–Crippen MR) is 124 cm³/mol. The van der Waals surface area contributed by atoms with Gasteiger partial charge in [-0.05, 0) is 61.6 Å². The van der Waals surface area contributed by atoms with E-state index in [0.717, 1.165) is 44.7 Å². The van der Waals surface area contributed by atoms with Crippen molar-refractivity contribution in [2.45, 2.75) is 29.5 Å². The van der Waals surface area contributed by atoms with Gasteiger partial charge in [-0.3, -0.25) is 4.79 Å². The first kappa shape index (κ1) is 23.2. The van der Waals surface area contributed by atoms with Crippen molar-refractivity contribution in [3.8, 4) is 0 Å². The maximum absolute atomic E-state index is 13.1. The monoisotopic (exact) mass is 480 g/mol. The second-order valence-corrected chi connectivity index (χ2v) is 11.2. The summed E-state index contributed by atoms with van der Waals surface area (Å²) in [5, 5.41) is 1.76. The van der Waals surface area contributed by atoms with Crippen LogP contribution in [0.25, 0.3) is 0 Å². The third-order valence-electron chi connectivity index (χ3n) is 6.14. The summed E-state index contributed by atoms with van der Waals surface area (Å²) in [6.45, 7) is 5.08. The van der Waals surface area contributed by atoms with Crippen molar-refractivity contribution in [1.82, 2.24) is 14.5 Å². The summed E-state index contributed by atoms with van der Waals surface area (Å²) < 4.78 is 41.0. The summed E-state index contributed by atoms with van der Waals surface area (Å²) in [6, 6.07) is 9.77. The van der Waals surface area contributed by atoms with Gasteiger partial charge in [-0.15, -0.1) is 11.3 Å². The van der Waals surface area contributed by atoms with Gasteiger partial charge in [0.1, 0.15) is 10.0 Å². The molecule has 174 valence electrons. The van der Waals surface area contributed by atoms with Gasteiger partial charge < -0.3 is 14.7 Å². The molecule has 0 aliphatic carbocycles. The SMILES string of the molecule is O=C(CCN1CCC(NS(=O)(=O)c2cccs2)CC1)N1CCN(c2ccc(F)cc2)CC1. The summed E-state index contributed by atoms with van der Waals surface area (Å²) in [5.74, 6) is -0.0872. The Hall–Kier alpha value is -2.01. The molecule has 4 rings (SSSR count). The molecule has 7 nitrogen and oxygen atoms in total. The van der Waals surface area contributed by atoms with Gasteiger partial charge in [0.2, 0.25) is 15.9 Å². The van der Waals surface area contributed by atoms with Crippen molar-refractivity contribution in [3.63, 3.8) is 0 Å². The van der Waals surface area contributed by atoms with Crippen LogP contribution in [-0.2, 0) is 14.8 Å². The van der Waals surface area contributed by atoms with Gasteiger partial charge in [0, 0.05) is 50.9 Å². The van der Waals surface area contributed by atoms with Crippen LogP contribution in [-0.4, -0.2) is 76.0 Å². The summed E-state index contributed by atoms with van der Waals surface area (Å²) in [4.78, 5) is 19.0. The van der Waals surface area contributed by atoms with Crippen molar-refractivity contribution >= 4 is 33.0 Å². The zero-order valence-corrected chi connectivity index (χ0v) is 19.6. The Morgan fingerprint density at radius 3 is 2.34 bits per heavy atom. The van der Waals surface area contributed by atoms with E-state index in [1.807, 2.05) is 4.90 Å². The van der Waals surface area contributed by atoms with E-state index in [1.54, 1.807) is 29.6 Å². The molecule has 1 aromatic carbocycles. The van der Waals surface area contributed by atoms with Gasteiger partial charge in [0.15, 0.2) is 0 Å². The average Bonchev–Trinajstić information content (AvgIpc) is 3.35. The van der Waals surface area contributed by atoms with Gasteiger partial charge in [-0.1, -0.05) is 6.07 Å². The average molecular weight is 481 g/mol. The molecular weight excluding hydrogens is 451 g/mol. The van der Waals surface area contributed by atoms with E-state index in [2.05, 4.69) is 14.5 Å². The van der Waals surface area contributed by atoms with Crippen molar-refractivity contribution < 1.29 is 17.6 Å². The van der Waals surface area contributed by atoms with E-state index >= 15 is 0 Å². The number of anilines is 1. The molecule has 0 atom stereocenters. The fourth-order valence-electron chi connectivity index (χ4n) is 4.25. The van der Waals surface area contributed by atoms with Crippen LogP contribution in [0, 0.1) is 5.82 Å². The number of nitrogens with zero attached hydrogens (tertiary/aromatic N) is 3. The lowest BCUT2D eigenvalue weighted by Crippen LogP contribution is -2.50. The molecule has 3 heterocycles. The number of piperazine rings is 1. The van der Waals surface area contributed by atoms with Gasteiger partial charge in [0.05, 0.1) is 0 Å². The van der Waals surface area contributed by atoms with E-state index in [4.69, 9.17) is 0 Å². The molecule has 0 bridgehead atoms. The number of rotatable bonds is 7. The lowest BCUT2D eigenvalue weighted by molar-refractivity contribution is -0.131. The molecular formula is C22H29FN4O3S2. The van der Waals surface area contributed by atoms with E-state index in [-0.39, 0.29) is 17.8 Å². The Labute approximate surface area is 192 Å². The third-order valence-corrected chi connectivity index (χ3v) is 9.05. The minimum absolute atomic E-state index is 0.0615. The number of piperidine rings is 1. The molecule has 2 aliphatic rings. The normalized spacial score (nSPS) is 18.8. The first-order valence-corrected chi connectivity index (χ1v) is 13.3. The van der Waals surface area contributed by atoms with Crippen LogP contribution in [0.1, 0.15) is 19.3 Å². The first-order valence-electron chi connectivity index (χ1n) is 11.0. The first-order chi connectivity index (χ1) is 15.4.